The fourth-order valence-corrected chi connectivity index (χ4v) is 2.25. The van der Waals surface area contributed by atoms with Gasteiger partial charge in [0.2, 0.25) is 0 Å². The van der Waals surface area contributed by atoms with Crippen LogP contribution in [0.2, 0.25) is 0 Å². The van der Waals surface area contributed by atoms with Crippen molar-refractivity contribution < 1.29 is 0 Å². The largest absolute Gasteiger partial charge is 0.383 e. The molecule has 1 heteroatoms. The average molecular weight is 235 g/mol. The van der Waals surface area contributed by atoms with Gasteiger partial charge in [0.15, 0.2) is 0 Å². The molecule has 0 radical (unpaired) electrons. The van der Waals surface area contributed by atoms with E-state index < -0.39 is 0 Å². The van der Waals surface area contributed by atoms with Gasteiger partial charge < -0.3 is 5.32 Å². The molecular formula is C16H29N. The lowest BCUT2D eigenvalue weighted by molar-refractivity contribution is 0.393. The lowest BCUT2D eigenvalue weighted by atomic mass is 9.91. The smallest absolute Gasteiger partial charge is 0.0298 e. The van der Waals surface area contributed by atoms with E-state index in [9.17, 15) is 0 Å². The Labute approximate surface area is 107 Å². The molecule has 0 amide bonds. The van der Waals surface area contributed by atoms with Gasteiger partial charge in [-0.15, -0.1) is 0 Å². The second-order valence-corrected chi connectivity index (χ2v) is 6.40. The predicted molar refractivity (Wildman–Crippen MR) is 77.0 cm³/mol. The first-order valence-electron chi connectivity index (χ1n) is 7.11. The molecule has 1 nitrogen and oxygen atoms in total. The molecule has 1 aliphatic rings. The van der Waals surface area contributed by atoms with Crippen LogP contribution >= 0.6 is 0 Å². The standard InChI is InChI=1S/C16H29N/c1-5-9-14(12-13-16(2,3)4)17-15-10-7-6-8-11-15/h5,9,12,15,17H,6-8,10-11,13H2,1-4H3/b9-5-,14-12+. The molecule has 1 N–H and O–H groups in total. The van der Waals surface area contributed by atoms with Gasteiger partial charge >= 0.3 is 0 Å². The van der Waals surface area contributed by atoms with Crippen LogP contribution in [0, 0.1) is 5.41 Å². The molecule has 1 saturated carbocycles. The summed E-state index contributed by atoms with van der Waals surface area (Å²) >= 11 is 0. The third-order valence-electron chi connectivity index (χ3n) is 3.26. The minimum Gasteiger partial charge on any atom is -0.383 e. The van der Waals surface area contributed by atoms with Crippen molar-refractivity contribution in [2.45, 2.75) is 72.3 Å². The van der Waals surface area contributed by atoms with Gasteiger partial charge in [-0.05, 0) is 37.7 Å². The van der Waals surface area contributed by atoms with Crippen molar-refractivity contribution in [3.05, 3.63) is 23.9 Å². The summed E-state index contributed by atoms with van der Waals surface area (Å²) in [6.07, 6.45) is 14.7. The van der Waals surface area contributed by atoms with Gasteiger partial charge in [-0.2, -0.15) is 0 Å². The summed E-state index contributed by atoms with van der Waals surface area (Å²) in [7, 11) is 0. The third-order valence-corrected chi connectivity index (χ3v) is 3.26. The lowest BCUT2D eigenvalue weighted by Gasteiger charge is -2.25. The van der Waals surface area contributed by atoms with Crippen LogP contribution < -0.4 is 5.32 Å². The van der Waals surface area contributed by atoms with Crippen LogP contribution in [0.25, 0.3) is 0 Å². The highest BCUT2D eigenvalue weighted by molar-refractivity contribution is 5.17. The van der Waals surface area contributed by atoms with E-state index in [1.165, 1.54) is 37.8 Å². The first kappa shape index (κ1) is 14.3. The molecule has 0 saturated heterocycles. The molecule has 0 aromatic carbocycles. The molecule has 1 fully saturated rings. The monoisotopic (exact) mass is 235 g/mol. The van der Waals surface area contributed by atoms with E-state index in [4.69, 9.17) is 0 Å². The molecule has 0 aliphatic heterocycles. The van der Waals surface area contributed by atoms with Gasteiger partial charge in [0, 0.05) is 11.7 Å². The summed E-state index contributed by atoms with van der Waals surface area (Å²) in [5.41, 5.74) is 1.69. The van der Waals surface area contributed by atoms with Gasteiger partial charge in [-0.3, -0.25) is 0 Å². The Morgan fingerprint density at radius 2 is 1.82 bits per heavy atom. The summed E-state index contributed by atoms with van der Waals surface area (Å²) in [5.74, 6) is 0. The van der Waals surface area contributed by atoms with Gasteiger partial charge in [0.25, 0.3) is 0 Å². The van der Waals surface area contributed by atoms with E-state index in [-0.39, 0.29) is 0 Å². The Morgan fingerprint density at radius 1 is 1.18 bits per heavy atom. The second kappa shape index (κ2) is 6.88. The summed E-state index contributed by atoms with van der Waals surface area (Å²) in [4.78, 5) is 0. The van der Waals surface area contributed by atoms with Crippen molar-refractivity contribution in [3.8, 4) is 0 Å². The SMILES string of the molecule is C/C=C\C(=C/CC(C)(C)C)NC1CCCCC1. The maximum atomic E-state index is 3.70. The second-order valence-electron chi connectivity index (χ2n) is 6.40. The van der Waals surface area contributed by atoms with Crippen LogP contribution in [0.5, 0.6) is 0 Å². The number of hydrogen-bond acceptors (Lipinski definition) is 1. The molecule has 0 heterocycles. The highest BCUT2D eigenvalue weighted by Crippen LogP contribution is 2.22. The van der Waals surface area contributed by atoms with Crippen molar-refractivity contribution in [2.24, 2.45) is 5.41 Å². The Hall–Kier alpha value is -0.720. The fraction of sp³-hybridized carbons (Fsp3) is 0.750. The Kier molecular flexibility index (Phi) is 5.80. The van der Waals surface area contributed by atoms with Gasteiger partial charge in [0.1, 0.15) is 0 Å². The van der Waals surface area contributed by atoms with E-state index >= 15 is 0 Å². The maximum absolute atomic E-state index is 3.70. The maximum Gasteiger partial charge on any atom is 0.0298 e. The summed E-state index contributed by atoms with van der Waals surface area (Å²) in [6.45, 7) is 8.96. The van der Waals surface area contributed by atoms with Crippen molar-refractivity contribution in [3.63, 3.8) is 0 Å². The molecule has 0 aromatic rings. The van der Waals surface area contributed by atoms with E-state index in [0.29, 0.717) is 11.5 Å². The zero-order valence-electron chi connectivity index (χ0n) is 12.1. The summed E-state index contributed by atoms with van der Waals surface area (Å²) in [5, 5.41) is 3.70. The summed E-state index contributed by atoms with van der Waals surface area (Å²) < 4.78 is 0. The first-order chi connectivity index (χ1) is 8.01. The zero-order valence-corrected chi connectivity index (χ0v) is 12.1. The van der Waals surface area contributed by atoms with Crippen LogP contribution in [0.4, 0.5) is 0 Å². The van der Waals surface area contributed by atoms with E-state index in [0.717, 1.165) is 6.42 Å². The molecule has 1 rings (SSSR count). The minimum absolute atomic E-state index is 0.376. The Morgan fingerprint density at radius 3 is 2.35 bits per heavy atom. The highest BCUT2D eigenvalue weighted by atomic mass is 14.9. The number of rotatable bonds is 4. The normalized spacial score (nSPS) is 19.9. The van der Waals surface area contributed by atoms with Crippen LogP contribution in [-0.4, -0.2) is 6.04 Å². The molecule has 0 bridgehead atoms. The van der Waals surface area contributed by atoms with E-state index in [1.54, 1.807) is 0 Å². The van der Waals surface area contributed by atoms with Crippen LogP contribution in [0.15, 0.2) is 23.9 Å². The van der Waals surface area contributed by atoms with Crippen LogP contribution in [-0.2, 0) is 0 Å². The molecule has 98 valence electrons. The highest BCUT2D eigenvalue weighted by Gasteiger charge is 2.14. The topological polar surface area (TPSA) is 12.0 Å². The Balaban J connectivity index is 2.52. The number of allylic oxidation sites excluding steroid dienone is 3. The van der Waals surface area contributed by atoms with Gasteiger partial charge in [-0.1, -0.05) is 52.2 Å². The molecule has 0 unspecified atom stereocenters. The van der Waals surface area contributed by atoms with E-state index in [1.807, 2.05) is 0 Å². The van der Waals surface area contributed by atoms with Crippen LogP contribution in [0.3, 0.4) is 0 Å². The molecule has 17 heavy (non-hydrogen) atoms. The van der Waals surface area contributed by atoms with Crippen molar-refractivity contribution in [1.29, 1.82) is 0 Å². The van der Waals surface area contributed by atoms with Crippen molar-refractivity contribution >= 4 is 0 Å². The third kappa shape index (κ3) is 6.55. The van der Waals surface area contributed by atoms with Gasteiger partial charge in [-0.25, -0.2) is 0 Å². The van der Waals surface area contributed by atoms with Crippen molar-refractivity contribution in [1.82, 2.24) is 5.32 Å². The molecule has 0 spiro atoms. The fourth-order valence-electron chi connectivity index (χ4n) is 2.25. The average Bonchev–Trinajstić information content (AvgIpc) is 2.27. The minimum atomic E-state index is 0.376. The first-order valence-corrected chi connectivity index (χ1v) is 7.11. The molecule has 1 aliphatic carbocycles. The molecule has 0 atom stereocenters. The predicted octanol–water partition coefficient (Wildman–Crippen LogP) is 4.80. The quantitative estimate of drug-likeness (QED) is 0.690. The number of nitrogens with one attached hydrogen (secondary N) is 1. The van der Waals surface area contributed by atoms with E-state index in [2.05, 4.69) is 51.2 Å². The Bertz CT molecular complexity index is 262. The molecular weight excluding hydrogens is 206 g/mol. The summed E-state index contributed by atoms with van der Waals surface area (Å²) in [6, 6.07) is 0.700. The van der Waals surface area contributed by atoms with Crippen LogP contribution in [0.1, 0.15) is 66.2 Å². The lowest BCUT2D eigenvalue weighted by Crippen LogP contribution is -2.30. The molecule has 0 aromatic heterocycles. The van der Waals surface area contributed by atoms with Crippen molar-refractivity contribution in [2.75, 3.05) is 0 Å². The van der Waals surface area contributed by atoms with Gasteiger partial charge in [0.05, 0.1) is 0 Å². The number of hydrogen-bond donors (Lipinski definition) is 1. The zero-order chi connectivity index (χ0) is 12.7.